The fraction of sp³-hybridized carbons (Fsp3) is 0.562. The van der Waals surface area contributed by atoms with Crippen LogP contribution in [0.5, 0.6) is 5.75 Å². The molecule has 0 radical (unpaired) electrons. The van der Waals surface area contributed by atoms with Gasteiger partial charge in [0.05, 0.1) is 32.1 Å². The van der Waals surface area contributed by atoms with Gasteiger partial charge in [0.1, 0.15) is 5.75 Å². The first kappa shape index (κ1) is 18.7. The fourth-order valence-electron chi connectivity index (χ4n) is 2.61. The molecule has 0 bridgehead atoms. The molecular formula is C16H24N2O5S. The summed E-state index contributed by atoms with van der Waals surface area (Å²) in [5, 5.41) is 2.90. The lowest BCUT2D eigenvalue weighted by Gasteiger charge is -2.21. The maximum atomic E-state index is 12.5. The number of ether oxygens (including phenoxy) is 2. The smallest absolute Gasteiger partial charge is 0.251 e. The third-order valence-corrected chi connectivity index (χ3v) is 6.14. The lowest BCUT2D eigenvalue weighted by Crippen LogP contribution is -2.43. The van der Waals surface area contributed by atoms with Crippen LogP contribution in [0, 0.1) is 12.8 Å². The van der Waals surface area contributed by atoms with Crippen molar-refractivity contribution in [3.8, 4) is 5.75 Å². The van der Waals surface area contributed by atoms with Crippen molar-refractivity contribution in [2.24, 2.45) is 5.92 Å². The zero-order chi connectivity index (χ0) is 17.9. The Labute approximate surface area is 143 Å². The van der Waals surface area contributed by atoms with Gasteiger partial charge in [-0.1, -0.05) is 0 Å². The number of carbonyl (C=O) groups excluding carboxylic acids is 1. The van der Waals surface area contributed by atoms with Gasteiger partial charge in [0, 0.05) is 25.6 Å². The van der Waals surface area contributed by atoms with E-state index in [1.165, 1.54) is 18.4 Å². The zero-order valence-electron chi connectivity index (χ0n) is 14.4. The molecule has 1 heterocycles. The molecule has 2 unspecified atom stereocenters. The second kappa shape index (κ2) is 7.50. The Bertz CT molecular complexity index is 702. The van der Waals surface area contributed by atoms with Gasteiger partial charge in [-0.2, -0.15) is 0 Å². The topological polar surface area (TPSA) is 84.9 Å². The van der Waals surface area contributed by atoms with E-state index in [0.717, 1.165) is 5.56 Å². The van der Waals surface area contributed by atoms with Gasteiger partial charge in [-0.3, -0.25) is 4.79 Å². The number of aryl methyl sites for hydroxylation is 1. The largest absolute Gasteiger partial charge is 0.497 e. The monoisotopic (exact) mass is 356 g/mol. The maximum Gasteiger partial charge on any atom is 0.251 e. The molecule has 0 saturated carbocycles. The summed E-state index contributed by atoms with van der Waals surface area (Å²) >= 11 is 0. The molecule has 2 atom stereocenters. The van der Waals surface area contributed by atoms with Crippen molar-refractivity contribution in [3.05, 3.63) is 29.3 Å². The van der Waals surface area contributed by atoms with Gasteiger partial charge in [-0.15, -0.1) is 0 Å². The quantitative estimate of drug-likeness (QED) is 0.809. The highest BCUT2D eigenvalue weighted by molar-refractivity contribution is 7.89. The highest BCUT2D eigenvalue weighted by Crippen LogP contribution is 2.20. The molecule has 0 spiro atoms. The minimum Gasteiger partial charge on any atom is -0.497 e. The number of nitrogens with one attached hydrogen (secondary N) is 1. The molecular weight excluding hydrogens is 332 g/mol. The lowest BCUT2D eigenvalue weighted by atomic mass is 10.0. The summed E-state index contributed by atoms with van der Waals surface area (Å²) < 4.78 is 35.8. The molecule has 1 amide bonds. The van der Waals surface area contributed by atoms with E-state index in [-0.39, 0.29) is 23.6 Å². The average Bonchev–Trinajstić information content (AvgIpc) is 2.93. The van der Waals surface area contributed by atoms with Crippen molar-refractivity contribution in [3.63, 3.8) is 0 Å². The Hall–Kier alpha value is -1.64. The number of nitrogens with zero attached hydrogens (tertiary/aromatic N) is 1. The molecule has 1 aliphatic heterocycles. The van der Waals surface area contributed by atoms with Gasteiger partial charge in [-0.05, 0) is 30.7 Å². The molecule has 1 fully saturated rings. The van der Waals surface area contributed by atoms with Crippen molar-refractivity contribution in [2.45, 2.75) is 13.0 Å². The summed E-state index contributed by atoms with van der Waals surface area (Å²) in [5.74, 6) is 0.132. The number of rotatable bonds is 6. The van der Waals surface area contributed by atoms with Gasteiger partial charge in [-0.25, -0.2) is 12.7 Å². The van der Waals surface area contributed by atoms with E-state index in [1.807, 2.05) is 6.92 Å². The van der Waals surface area contributed by atoms with Gasteiger partial charge in [0.15, 0.2) is 0 Å². The summed E-state index contributed by atoms with van der Waals surface area (Å²) in [4.78, 5) is 12.5. The Kier molecular flexibility index (Phi) is 5.84. The van der Waals surface area contributed by atoms with Crippen LogP contribution in [-0.2, 0) is 14.8 Å². The summed E-state index contributed by atoms with van der Waals surface area (Å²) in [6, 6.07) is 4.88. The van der Waals surface area contributed by atoms with E-state index in [1.54, 1.807) is 25.3 Å². The Morgan fingerprint density at radius 1 is 1.38 bits per heavy atom. The van der Waals surface area contributed by atoms with E-state index in [0.29, 0.717) is 24.5 Å². The number of sulfonamides is 1. The standard InChI is InChI=1S/C16H24N2O5S/c1-11-7-13(22-4)5-6-14(11)16(19)17-15-9-23-8-12(15)10-24(20,21)18(2)3/h5-7,12,15H,8-10H2,1-4H3,(H,17,19). The van der Waals surface area contributed by atoms with E-state index in [9.17, 15) is 13.2 Å². The van der Waals surface area contributed by atoms with Crippen LogP contribution in [-0.4, -0.2) is 64.8 Å². The molecule has 0 aliphatic carbocycles. The summed E-state index contributed by atoms with van der Waals surface area (Å²) in [6.45, 7) is 2.46. The molecule has 8 heteroatoms. The van der Waals surface area contributed by atoms with Crippen LogP contribution in [0.4, 0.5) is 0 Å². The predicted molar refractivity (Wildman–Crippen MR) is 90.8 cm³/mol. The van der Waals surface area contributed by atoms with Crippen molar-refractivity contribution >= 4 is 15.9 Å². The molecule has 7 nitrogen and oxygen atoms in total. The highest BCUT2D eigenvalue weighted by Gasteiger charge is 2.34. The summed E-state index contributed by atoms with van der Waals surface area (Å²) in [6.07, 6.45) is 0. The number of benzene rings is 1. The van der Waals surface area contributed by atoms with Crippen molar-refractivity contribution in [2.75, 3.05) is 40.2 Å². The second-order valence-electron chi connectivity index (χ2n) is 6.12. The van der Waals surface area contributed by atoms with Crippen LogP contribution in [0.25, 0.3) is 0 Å². The van der Waals surface area contributed by atoms with Crippen LogP contribution >= 0.6 is 0 Å². The SMILES string of the molecule is COc1ccc(C(=O)NC2COCC2CS(=O)(=O)N(C)C)c(C)c1. The van der Waals surface area contributed by atoms with Gasteiger partial charge >= 0.3 is 0 Å². The van der Waals surface area contributed by atoms with E-state index >= 15 is 0 Å². The summed E-state index contributed by atoms with van der Waals surface area (Å²) in [5.41, 5.74) is 1.33. The molecule has 1 aromatic rings. The molecule has 24 heavy (non-hydrogen) atoms. The van der Waals surface area contributed by atoms with E-state index < -0.39 is 10.0 Å². The number of amides is 1. The third kappa shape index (κ3) is 4.25. The normalized spacial score (nSPS) is 21.0. The molecule has 0 aromatic heterocycles. The third-order valence-electron chi connectivity index (χ3n) is 4.17. The molecule has 1 saturated heterocycles. The minimum atomic E-state index is -3.35. The second-order valence-corrected chi connectivity index (χ2v) is 8.35. The van der Waals surface area contributed by atoms with Crippen molar-refractivity contribution in [1.82, 2.24) is 9.62 Å². The lowest BCUT2D eigenvalue weighted by molar-refractivity contribution is 0.0925. The van der Waals surface area contributed by atoms with Crippen LogP contribution in [0.1, 0.15) is 15.9 Å². The van der Waals surface area contributed by atoms with Crippen molar-refractivity contribution < 1.29 is 22.7 Å². The first-order valence-electron chi connectivity index (χ1n) is 7.68. The molecule has 1 N–H and O–H groups in total. The van der Waals surface area contributed by atoms with Crippen LogP contribution in [0.2, 0.25) is 0 Å². The number of hydrogen-bond acceptors (Lipinski definition) is 5. The molecule has 1 aliphatic rings. The number of methoxy groups -OCH3 is 1. The van der Waals surface area contributed by atoms with Crippen LogP contribution in [0.15, 0.2) is 18.2 Å². The molecule has 1 aromatic carbocycles. The zero-order valence-corrected chi connectivity index (χ0v) is 15.2. The average molecular weight is 356 g/mol. The maximum absolute atomic E-state index is 12.5. The predicted octanol–water partition coefficient (Wildman–Crippen LogP) is 0.640. The molecule has 2 rings (SSSR count). The first-order chi connectivity index (χ1) is 11.2. The van der Waals surface area contributed by atoms with Gasteiger partial charge in [0.2, 0.25) is 10.0 Å². The fourth-order valence-corrected chi connectivity index (χ4v) is 3.77. The Balaban J connectivity index is 2.08. The Morgan fingerprint density at radius 2 is 2.08 bits per heavy atom. The van der Waals surface area contributed by atoms with Crippen LogP contribution < -0.4 is 10.1 Å². The Morgan fingerprint density at radius 3 is 2.67 bits per heavy atom. The van der Waals surface area contributed by atoms with Gasteiger partial charge < -0.3 is 14.8 Å². The van der Waals surface area contributed by atoms with E-state index in [4.69, 9.17) is 9.47 Å². The first-order valence-corrected chi connectivity index (χ1v) is 9.29. The van der Waals surface area contributed by atoms with Crippen LogP contribution in [0.3, 0.4) is 0 Å². The van der Waals surface area contributed by atoms with Gasteiger partial charge in [0.25, 0.3) is 5.91 Å². The number of carbonyl (C=O) groups is 1. The summed E-state index contributed by atoms with van der Waals surface area (Å²) in [7, 11) is 1.22. The van der Waals surface area contributed by atoms with Crippen molar-refractivity contribution in [1.29, 1.82) is 0 Å². The highest BCUT2D eigenvalue weighted by atomic mass is 32.2. The van der Waals surface area contributed by atoms with E-state index in [2.05, 4.69) is 5.32 Å². The molecule has 134 valence electrons. The minimum absolute atomic E-state index is 0.0491. The number of hydrogen-bond donors (Lipinski definition) is 1.